The Balaban J connectivity index is 1.34. The number of amides is 1. The minimum absolute atomic E-state index is 0.0288. The molecule has 2 aromatic carbocycles. The molecule has 0 unspecified atom stereocenters. The topological polar surface area (TPSA) is 98.2 Å². The number of carbonyl (C=O) groups is 1. The SMILES string of the molecule is O=C(c1ccc2nc(-c3ccc(-c4cncnc4)cc3)[nH]c2c1)N1CCN(CCO)CC1. The minimum Gasteiger partial charge on any atom is -0.395 e. The molecule has 0 atom stereocenters. The van der Waals surface area contributed by atoms with Crippen LogP contribution in [0.5, 0.6) is 0 Å². The first kappa shape index (κ1) is 20.3. The quantitative estimate of drug-likeness (QED) is 0.507. The Kier molecular flexibility index (Phi) is 5.62. The van der Waals surface area contributed by atoms with E-state index in [0.717, 1.165) is 46.6 Å². The van der Waals surface area contributed by atoms with E-state index in [1.807, 2.05) is 47.4 Å². The molecule has 162 valence electrons. The van der Waals surface area contributed by atoms with E-state index in [0.29, 0.717) is 25.2 Å². The van der Waals surface area contributed by atoms with Crippen LogP contribution in [-0.4, -0.2) is 80.1 Å². The maximum Gasteiger partial charge on any atom is 0.254 e. The van der Waals surface area contributed by atoms with E-state index in [1.165, 1.54) is 6.33 Å². The summed E-state index contributed by atoms with van der Waals surface area (Å²) < 4.78 is 0. The van der Waals surface area contributed by atoms with Crippen molar-refractivity contribution in [2.24, 2.45) is 0 Å². The molecule has 0 spiro atoms. The lowest BCUT2D eigenvalue weighted by molar-refractivity contribution is 0.0615. The molecule has 4 aromatic rings. The van der Waals surface area contributed by atoms with Crippen LogP contribution in [0.1, 0.15) is 10.4 Å². The van der Waals surface area contributed by atoms with Crippen molar-refractivity contribution in [1.29, 1.82) is 0 Å². The first-order valence-corrected chi connectivity index (χ1v) is 10.7. The van der Waals surface area contributed by atoms with E-state index in [1.54, 1.807) is 12.4 Å². The summed E-state index contributed by atoms with van der Waals surface area (Å²) in [6, 6.07) is 13.7. The van der Waals surface area contributed by atoms with Gasteiger partial charge in [-0.25, -0.2) is 15.0 Å². The Hall–Kier alpha value is -3.62. The zero-order valence-electron chi connectivity index (χ0n) is 17.6. The Morgan fingerprint density at radius 2 is 1.66 bits per heavy atom. The number of nitrogens with zero attached hydrogens (tertiary/aromatic N) is 5. The fourth-order valence-corrected chi connectivity index (χ4v) is 4.05. The minimum atomic E-state index is 0.0288. The lowest BCUT2D eigenvalue weighted by Crippen LogP contribution is -2.49. The van der Waals surface area contributed by atoms with Gasteiger partial charge in [0.05, 0.1) is 17.6 Å². The predicted molar refractivity (Wildman–Crippen MR) is 122 cm³/mol. The molecule has 1 aliphatic rings. The molecule has 2 N–H and O–H groups in total. The molecule has 1 aliphatic heterocycles. The summed E-state index contributed by atoms with van der Waals surface area (Å²) in [5, 5.41) is 9.09. The molecule has 32 heavy (non-hydrogen) atoms. The number of aliphatic hydroxyl groups excluding tert-OH is 1. The molecule has 0 bridgehead atoms. The van der Waals surface area contributed by atoms with Crippen molar-refractivity contribution in [3.63, 3.8) is 0 Å². The number of rotatable bonds is 5. The third-order valence-electron chi connectivity index (χ3n) is 5.86. The molecule has 8 heteroatoms. The largest absolute Gasteiger partial charge is 0.395 e. The zero-order chi connectivity index (χ0) is 21.9. The number of piperazine rings is 1. The van der Waals surface area contributed by atoms with Gasteiger partial charge in [-0.15, -0.1) is 0 Å². The van der Waals surface area contributed by atoms with E-state index in [-0.39, 0.29) is 12.5 Å². The van der Waals surface area contributed by atoms with Gasteiger partial charge in [0.1, 0.15) is 12.2 Å². The van der Waals surface area contributed by atoms with Gasteiger partial charge in [-0.05, 0) is 23.8 Å². The molecule has 1 saturated heterocycles. The normalized spacial score (nSPS) is 14.7. The Labute approximate surface area is 185 Å². The number of benzene rings is 2. The molecule has 0 saturated carbocycles. The molecule has 0 radical (unpaired) electrons. The van der Waals surface area contributed by atoms with E-state index in [9.17, 15) is 4.79 Å². The lowest BCUT2D eigenvalue weighted by Gasteiger charge is -2.34. The summed E-state index contributed by atoms with van der Waals surface area (Å²) in [5.74, 6) is 0.791. The van der Waals surface area contributed by atoms with E-state index >= 15 is 0 Å². The van der Waals surface area contributed by atoms with Crippen LogP contribution in [0.15, 0.2) is 61.2 Å². The molecule has 3 heterocycles. The van der Waals surface area contributed by atoms with Gasteiger partial charge in [0, 0.05) is 61.8 Å². The monoisotopic (exact) mass is 428 g/mol. The highest BCUT2D eigenvalue weighted by atomic mass is 16.3. The summed E-state index contributed by atoms with van der Waals surface area (Å²) in [5.41, 5.74) is 5.29. The van der Waals surface area contributed by atoms with Crippen LogP contribution in [0.3, 0.4) is 0 Å². The van der Waals surface area contributed by atoms with Crippen molar-refractivity contribution in [3.8, 4) is 22.5 Å². The van der Waals surface area contributed by atoms with Gasteiger partial charge in [0.25, 0.3) is 5.91 Å². The van der Waals surface area contributed by atoms with Gasteiger partial charge < -0.3 is 15.0 Å². The summed E-state index contributed by atoms with van der Waals surface area (Å²) >= 11 is 0. The highest BCUT2D eigenvalue weighted by Crippen LogP contribution is 2.25. The maximum atomic E-state index is 13.0. The number of hydrogen-bond acceptors (Lipinski definition) is 6. The number of carbonyl (C=O) groups excluding carboxylic acids is 1. The highest BCUT2D eigenvalue weighted by Gasteiger charge is 2.22. The number of β-amino-alcohol motifs (C(OH)–C–C–N with tert-alkyl or cyclic N) is 1. The fourth-order valence-electron chi connectivity index (χ4n) is 4.05. The Morgan fingerprint density at radius 3 is 2.38 bits per heavy atom. The summed E-state index contributed by atoms with van der Waals surface area (Å²) in [6.45, 7) is 3.72. The number of aromatic amines is 1. The summed E-state index contributed by atoms with van der Waals surface area (Å²) in [7, 11) is 0. The van der Waals surface area contributed by atoms with E-state index in [2.05, 4.69) is 19.9 Å². The molecular formula is C24H24N6O2. The summed E-state index contributed by atoms with van der Waals surface area (Å²) in [4.78, 5) is 33.2. The Morgan fingerprint density at radius 1 is 0.938 bits per heavy atom. The average Bonchev–Trinajstić information content (AvgIpc) is 3.28. The van der Waals surface area contributed by atoms with Crippen molar-refractivity contribution in [2.75, 3.05) is 39.3 Å². The van der Waals surface area contributed by atoms with Crippen LogP contribution >= 0.6 is 0 Å². The number of fused-ring (bicyclic) bond motifs is 1. The van der Waals surface area contributed by atoms with Crippen molar-refractivity contribution in [1.82, 2.24) is 29.7 Å². The third-order valence-corrected chi connectivity index (χ3v) is 5.86. The molecule has 2 aromatic heterocycles. The van der Waals surface area contributed by atoms with E-state index < -0.39 is 0 Å². The van der Waals surface area contributed by atoms with Crippen LogP contribution in [0.4, 0.5) is 0 Å². The first-order chi connectivity index (χ1) is 15.7. The number of hydrogen-bond donors (Lipinski definition) is 2. The second-order valence-corrected chi connectivity index (χ2v) is 7.88. The second kappa shape index (κ2) is 8.86. The van der Waals surface area contributed by atoms with Gasteiger partial charge in [-0.1, -0.05) is 24.3 Å². The number of aromatic nitrogens is 4. The van der Waals surface area contributed by atoms with Crippen molar-refractivity contribution < 1.29 is 9.90 Å². The van der Waals surface area contributed by atoms with Crippen LogP contribution in [0, 0.1) is 0 Å². The summed E-state index contributed by atoms with van der Waals surface area (Å²) in [6.07, 6.45) is 5.09. The fraction of sp³-hybridized carbons (Fsp3) is 0.250. The maximum absolute atomic E-state index is 13.0. The molecule has 0 aliphatic carbocycles. The first-order valence-electron chi connectivity index (χ1n) is 10.7. The number of nitrogens with one attached hydrogen (secondary N) is 1. The third kappa shape index (κ3) is 4.10. The van der Waals surface area contributed by atoms with Gasteiger partial charge >= 0.3 is 0 Å². The lowest BCUT2D eigenvalue weighted by atomic mass is 10.1. The second-order valence-electron chi connectivity index (χ2n) is 7.88. The zero-order valence-corrected chi connectivity index (χ0v) is 17.6. The van der Waals surface area contributed by atoms with Crippen LogP contribution in [-0.2, 0) is 0 Å². The van der Waals surface area contributed by atoms with Gasteiger partial charge in [0.15, 0.2) is 0 Å². The molecule has 1 fully saturated rings. The standard InChI is InChI=1S/C24H24N6O2/c31-12-11-29-7-9-30(10-8-29)24(32)19-5-6-21-22(13-19)28-23(27-21)18-3-1-17(2-4-18)20-14-25-16-26-15-20/h1-6,13-16,31H,7-12H2,(H,27,28). The molecular weight excluding hydrogens is 404 g/mol. The van der Waals surface area contributed by atoms with Gasteiger partial charge in [0.2, 0.25) is 0 Å². The molecule has 5 rings (SSSR count). The van der Waals surface area contributed by atoms with Crippen LogP contribution in [0.2, 0.25) is 0 Å². The van der Waals surface area contributed by atoms with E-state index in [4.69, 9.17) is 10.1 Å². The van der Waals surface area contributed by atoms with Gasteiger partial charge in [-0.3, -0.25) is 9.69 Å². The number of aliphatic hydroxyl groups is 1. The van der Waals surface area contributed by atoms with Crippen molar-refractivity contribution in [2.45, 2.75) is 0 Å². The Bertz CT molecular complexity index is 1210. The van der Waals surface area contributed by atoms with Crippen molar-refractivity contribution >= 4 is 16.9 Å². The smallest absolute Gasteiger partial charge is 0.254 e. The molecule has 8 nitrogen and oxygen atoms in total. The van der Waals surface area contributed by atoms with Crippen molar-refractivity contribution in [3.05, 3.63) is 66.7 Å². The van der Waals surface area contributed by atoms with Crippen LogP contribution in [0.25, 0.3) is 33.5 Å². The number of H-pyrrole nitrogens is 1. The van der Waals surface area contributed by atoms with Gasteiger partial charge in [-0.2, -0.15) is 0 Å². The average molecular weight is 428 g/mol. The highest BCUT2D eigenvalue weighted by molar-refractivity contribution is 5.97. The van der Waals surface area contributed by atoms with Crippen LogP contribution < -0.4 is 0 Å². The predicted octanol–water partition coefficient (Wildman–Crippen LogP) is 2.44. The molecule has 1 amide bonds. The number of imidazole rings is 1.